The van der Waals surface area contributed by atoms with E-state index in [4.69, 9.17) is 28.3 Å². The van der Waals surface area contributed by atoms with E-state index in [9.17, 15) is 0 Å². The number of aliphatic hydroxyl groups excluding tert-OH is 1. The van der Waals surface area contributed by atoms with Gasteiger partial charge in [0.25, 0.3) is 0 Å². The van der Waals surface area contributed by atoms with E-state index in [1.807, 2.05) is 6.92 Å². The van der Waals surface area contributed by atoms with Crippen LogP contribution in [0.3, 0.4) is 0 Å². The summed E-state index contributed by atoms with van der Waals surface area (Å²) in [7, 11) is 0. The molecule has 0 aromatic carbocycles. The Morgan fingerprint density at radius 2 is 1.64 bits per heavy atom. The molecular formula is C8H16Cl2O. The molecule has 0 aliphatic heterocycles. The van der Waals surface area contributed by atoms with Crippen LogP contribution in [0, 0.1) is 0 Å². The maximum Gasteiger partial charge on any atom is 0.115 e. The first-order valence-corrected chi connectivity index (χ1v) is 4.80. The Kier molecular flexibility index (Phi) is 6.40. The van der Waals surface area contributed by atoms with Crippen molar-refractivity contribution in [2.24, 2.45) is 0 Å². The van der Waals surface area contributed by atoms with Gasteiger partial charge in [0, 0.05) is 6.61 Å². The lowest BCUT2D eigenvalue weighted by molar-refractivity contribution is 0.282. The molecule has 11 heavy (non-hydrogen) atoms. The van der Waals surface area contributed by atoms with E-state index in [0.29, 0.717) is 6.61 Å². The highest BCUT2D eigenvalue weighted by Crippen LogP contribution is 2.26. The summed E-state index contributed by atoms with van der Waals surface area (Å²) >= 11 is 11.5. The predicted molar refractivity (Wildman–Crippen MR) is 50.3 cm³/mol. The van der Waals surface area contributed by atoms with Crippen LogP contribution in [-0.4, -0.2) is 16.0 Å². The minimum Gasteiger partial charge on any atom is -0.396 e. The van der Waals surface area contributed by atoms with Crippen molar-refractivity contribution < 1.29 is 5.11 Å². The summed E-state index contributed by atoms with van der Waals surface area (Å²) in [6, 6.07) is 0. The second kappa shape index (κ2) is 6.10. The molecule has 0 heterocycles. The lowest BCUT2D eigenvalue weighted by atomic mass is 10.1. The van der Waals surface area contributed by atoms with Crippen LogP contribution in [0.4, 0.5) is 0 Å². The topological polar surface area (TPSA) is 20.2 Å². The first-order chi connectivity index (χ1) is 5.06. The molecule has 0 aliphatic rings. The van der Waals surface area contributed by atoms with Gasteiger partial charge >= 0.3 is 0 Å². The average Bonchev–Trinajstić information content (AvgIpc) is 1.85. The summed E-state index contributed by atoms with van der Waals surface area (Å²) in [6.45, 7) is 2.10. The van der Waals surface area contributed by atoms with E-state index in [1.54, 1.807) is 0 Å². The highest BCUT2D eigenvalue weighted by molar-refractivity contribution is 6.48. The minimum absolute atomic E-state index is 0.291. The first kappa shape index (κ1) is 11.5. The molecule has 0 spiro atoms. The van der Waals surface area contributed by atoms with Crippen molar-refractivity contribution >= 4 is 23.2 Å². The molecule has 0 atom stereocenters. The molecular weight excluding hydrogens is 183 g/mol. The quantitative estimate of drug-likeness (QED) is 0.514. The van der Waals surface area contributed by atoms with Gasteiger partial charge in [0.1, 0.15) is 4.33 Å². The molecule has 0 saturated heterocycles. The molecule has 0 aliphatic carbocycles. The number of hydrogen-bond acceptors (Lipinski definition) is 1. The van der Waals surface area contributed by atoms with Gasteiger partial charge in [-0.05, 0) is 19.8 Å². The van der Waals surface area contributed by atoms with Crippen LogP contribution < -0.4 is 0 Å². The fraction of sp³-hybridized carbons (Fsp3) is 1.00. The molecule has 0 radical (unpaired) electrons. The predicted octanol–water partition coefficient (Wildman–Crippen LogP) is 3.12. The average molecular weight is 199 g/mol. The van der Waals surface area contributed by atoms with Crippen molar-refractivity contribution in [3.63, 3.8) is 0 Å². The maximum absolute atomic E-state index is 8.47. The van der Waals surface area contributed by atoms with Crippen LogP contribution in [0.15, 0.2) is 0 Å². The summed E-state index contributed by atoms with van der Waals surface area (Å²) in [5.41, 5.74) is 0. The maximum atomic E-state index is 8.47. The Labute approximate surface area is 78.7 Å². The number of hydrogen-bond donors (Lipinski definition) is 1. The molecule has 0 unspecified atom stereocenters. The van der Waals surface area contributed by atoms with E-state index in [2.05, 4.69) is 0 Å². The van der Waals surface area contributed by atoms with Crippen molar-refractivity contribution in [1.82, 2.24) is 0 Å². The van der Waals surface area contributed by atoms with Gasteiger partial charge in [0.15, 0.2) is 0 Å². The highest BCUT2D eigenvalue weighted by atomic mass is 35.5. The second-order valence-corrected chi connectivity index (χ2v) is 4.82. The Morgan fingerprint density at radius 3 is 2.09 bits per heavy atom. The SMILES string of the molecule is CC(Cl)(Cl)CCCCCCO. The van der Waals surface area contributed by atoms with Crippen LogP contribution in [0.5, 0.6) is 0 Å². The fourth-order valence-electron chi connectivity index (χ4n) is 0.901. The summed E-state index contributed by atoms with van der Waals surface area (Å²) < 4.78 is -0.570. The van der Waals surface area contributed by atoms with Gasteiger partial charge in [-0.1, -0.05) is 19.3 Å². The number of unbranched alkanes of at least 4 members (excludes halogenated alkanes) is 3. The van der Waals surface area contributed by atoms with Crippen molar-refractivity contribution in [2.45, 2.75) is 43.4 Å². The summed E-state index contributed by atoms with van der Waals surface area (Å²) in [4.78, 5) is 0. The summed E-state index contributed by atoms with van der Waals surface area (Å²) in [5.74, 6) is 0. The third-order valence-corrected chi connectivity index (χ3v) is 1.90. The van der Waals surface area contributed by atoms with Crippen LogP contribution in [-0.2, 0) is 0 Å². The second-order valence-electron chi connectivity index (χ2n) is 2.96. The zero-order valence-electron chi connectivity index (χ0n) is 6.95. The number of halogens is 2. The lowest BCUT2D eigenvalue weighted by Crippen LogP contribution is -2.04. The van der Waals surface area contributed by atoms with Crippen LogP contribution in [0.1, 0.15) is 39.0 Å². The smallest absolute Gasteiger partial charge is 0.115 e. The Bertz CT molecular complexity index is 88.6. The van der Waals surface area contributed by atoms with Gasteiger partial charge in [-0.3, -0.25) is 0 Å². The molecule has 1 N–H and O–H groups in total. The van der Waals surface area contributed by atoms with Gasteiger partial charge in [-0.25, -0.2) is 0 Å². The first-order valence-electron chi connectivity index (χ1n) is 4.05. The molecule has 0 amide bonds. The minimum atomic E-state index is -0.570. The van der Waals surface area contributed by atoms with Crippen molar-refractivity contribution in [3.8, 4) is 0 Å². The van der Waals surface area contributed by atoms with Crippen LogP contribution >= 0.6 is 23.2 Å². The highest BCUT2D eigenvalue weighted by Gasteiger charge is 2.14. The van der Waals surface area contributed by atoms with Crippen molar-refractivity contribution in [2.75, 3.05) is 6.61 Å². The Morgan fingerprint density at radius 1 is 1.09 bits per heavy atom. The van der Waals surface area contributed by atoms with Crippen molar-refractivity contribution in [1.29, 1.82) is 0 Å². The van der Waals surface area contributed by atoms with E-state index < -0.39 is 4.33 Å². The number of alkyl halides is 2. The van der Waals surface area contributed by atoms with Gasteiger partial charge in [0.05, 0.1) is 0 Å². The monoisotopic (exact) mass is 198 g/mol. The summed E-state index contributed by atoms with van der Waals surface area (Å²) in [6.07, 6.45) is 4.95. The van der Waals surface area contributed by atoms with Crippen LogP contribution in [0.2, 0.25) is 0 Å². The van der Waals surface area contributed by atoms with Gasteiger partial charge in [-0.2, -0.15) is 0 Å². The molecule has 0 fully saturated rings. The van der Waals surface area contributed by atoms with Crippen LogP contribution in [0.25, 0.3) is 0 Å². The zero-order chi connectivity index (χ0) is 8.74. The van der Waals surface area contributed by atoms with E-state index in [-0.39, 0.29) is 0 Å². The number of aliphatic hydroxyl groups is 1. The Hall–Kier alpha value is 0.540. The van der Waals surface area contributed by atoms with E-state index in [0.717, 1.165) is 32.1 Å². The third-order valence-electron chi connectivity index (χ3n) is 1.52. The largest absolute Gasteiger partial charge is 0.396 e. The molecule has 0 rings (SSSR count). The standard InChI is InChI=1S/C8H16Cl2O/c1-8(9,10)6-4-2-3-5-7-11/h11H,2-7H2,1H3. The lowest BCUT2D eigenvalue weighted by Gasteiger charge is -2.11. The van der Waals surface area contributed by atoms with Gasteiger partial charge in [0.2, 0.25) is 0 Å². The number of rotatable bonds is 6. The molecule has 0 aromatic heterocycles. The molecule has 1 nitrogen and oxygen atoms in total. The van der Waals surface area contributed by atoms with Gasteiger partial charge in [-0.15, -0.1) is 23.2 Å². The van der Waals surface area contributed by atoms with Crippen molar-refractivity contribution in [3.05, 3.63) is 0 Å². The molecule has 0 bridgehead atoms. The van der Waals surface area contributed by atoms with E-state index >= 15 is 0 Å². The molecule has 68 valence electrons. The summed E-state index contributed by atoms with van der Waals surface area (Å²) in [5, 5.41) is 8.47. The van der Waals surface area contributed by atoms with E-state index in [1.165, 1.54) is 0 Å². The molecule has 0 aromatic rings. The zero-order valence-corrected chi connectivity index (χ0v) is 8.46. The normalized spacial score (nSPS) is 12.0. The fourth-order valence-corrected chi connectivity index (χ4v) is 1.17. The molecule has 3 heteroatoms. The van der Waals surface area contributed by atoms with Gasteiger partial charge < -0.3 is 5.11 Å². The Balaban J connectivity index is 3.02. The third kappa shape index (κ3) is 10.5. The molecule has 0 saturated carbocycles.